The molecule has 4 heterocycles. The Bertz CT molecular complexity index is 1390. The van der Waals surface area contributed by atoms with Crippen LogP contribution in [-0.2, 0) is 11.0 Å². The van der Waals surface area contributed by atoms with E-state index in [1.807, 2.05) is 14.0 Å². The van der Waals surface area contributed by atoms with Crippen molar-refractivity contribution in [3.63, 3.8) is 0 Å². The van der Waals surface area contributed by atoms with Crippen molar-refractivity contribution in [3.8, 4) is 5.75 Å². The first-order valence-corrected chi connectivity index (χ1v) is 13.1. The Balaban J connectivity index is 1.38. The number of fused-ring (bicyclic) bond motifs is 1. The molecular weight excluding hydrogens is 525 g/mol. The number of nitrogens with one attached hydrogen (secondary N) is 2. The summed E-state index contributed by atoms with van der Waals surface area (Å²) in [5, 5.41) is 6.04. The van der Waals surface area contributed by atoms with Crippen LogP contribution in [0.5, 0.6) is 5.75 Å². The van der Waals surface area contributed by atoms with Crippen LogP contribution in [0.25, 0.3) is 0 Å². The molecule has 2 N–H and O–H groups in total. The van der Waals surface area contributed by atoms with Crippen molar-refractivity contribution in [3.05, 3.63) is 47.7 Å². The van der Waals surface area contributed by atoms with Gasteiger partial charge in [0.15, 0.2) is 18.2 Å². The summed E-state index contributed by atoms with van der Waals surface area (Å²) in [6.07, 6.45) is -2.20. The number of alkyl halides is 3. The Labute approximate surface area is 230 Å². The molecular formula is C27H31F3N8O2. The number of ether oxygens (including phenoxy) is 1. The minimum absolute atomic E-state index is 0.0338. The highest BCUT2D eigenvalue weighted by Crippen LogP contribution is 2.39. The number of halogens is 3. The van der Waals surface area contributed by atoms with Crippen molar-refractivity contribution in [1.29, 1.82) is 0 Å². The molecule has 0 unspecified atom stereocenters. The number of rotatable bonds is 7. The van der Waals surface area contributed by atoms with E-state index in [2.05, 4.69) is 30.5 Å². The average molecular weight is 557 g/mol. The second-order valence-electron chi connectivity index (χ2n) is 9.85. The number of nitrogens with zero attached hydrogens (tertiary/aromatic N) is 6. The number of piperazine rings is 1. The number of amides is 1. The van der Waals surface area contributed by atoms with Gasteiger partial charge in [0, 0.05) is 55.9 Å². The number of benzene rings is 1. The van der Waals surface area contributed by atoms with E-state index in [-0.39, 0.29) is 29.8 Å². The van der Waals surface area contributed by atoms with Crippen molar-refractivity contribution >= 4 is 40.7 Å². The normalized spacial score (nSPS) is 16.0. The Morgan fingerprint density at radius 2 is 1.82 bits per heavy atom. The van der Waals surface area contributed by atoms with Gasteiger partial charge in [-0.1, -0.05) is 6.92 Å². The lowest BCUT2D eigenvalue weighted by Gasteiger charge is -2.35. The molecule has 1 amide bonds. The van der Waals surface area contributed by atoms with Gasteiger partial charge in [0.05, 0.1) is 5.56 Å². The summed E-state index contributed by atoms with van der Waals surface area (Å²) in [5.74, 6) is 1.74. The van der Waals surface area contributed by atoms with Crippen LogP contribution in [-0.4, -0.2) is 72.1 Å². The van der Waals surface area contributed by atoms with E-state index in [4.69, 9.17) is 4.74 Å². The van der Waals surface area contributed by atoms with Crippen LogP contribution in [0.1, 0.15) is 24.5 Å². The van der Waals surface area contributed by atoms with Gasteiger partial charge in [-0.3, -0.25) is 9.69 Å². The fourth-order valence-corrected chi connectivity index (χ4v) is 4.64. The van der Waals surface area contributed by atoms with Crippen LogP contribution >= 0.6 is 0 Å². The van der Waals surface area contributed by atoms with E-state index in [1.165, 1.54) is 6.07 Å². The zero-order valence-electron chi connectivity index (χ0n) is 22.5. The zero-order chi connectivity index (χ0) is 28.4. The van der Waals surface area contributed by atoms with Crippen molar-refractivity contribution < 1.29 is 22.7 Å². The summed E-state index contributed by atoms with van der Waals surface area (Å²) in [7, 11) is 1.96. The minimum Gasteiger partial charge on any atom is -0.480 e. The number of anilines is 6. The van der Waals surface area contributed by atoms with E-state index < -0.39 is 11.7 Å². The van der Waals surface area contributed by atoms with Gasteiger partial charge in [0.25, 0.3) is 5.91 Å². The van der Waals surface area contributed by atoms with Gasteiger partial charge < -0.3 is 25.2 Å². The maximum atomic E-state index is 14.0. The Morgan fingerprint density at radius 1 is 1.05 bits per heavy atom. The number of aromatic nitrogens is 3. The molecule has 2 aliphatic heterocycles. The van der Waals surface area contributed by atoms with E-state index in [0.717, 1.165) is 12.5 Å². The number of aryl methyl sites for hydroxylation is 1. The summed E-state index contributed by atoms with van der Waals surface area (Å²) >= 11 is 0. The fourth-order valence-electron chi connectivity index (χ4n) is 4.64. The van der Waals surface area contributed by atoms with Gasteiger partial charge in [0.1, 0.15) is 11.6 Å². The molecule has 0 bridgehead atoms. The number of pyridine rings is 1. The molecule has 1 fully saturated rings. The molecule has 212 valence electrons. The van der Waals surface area contributed by atoms with Crippen LogP contribution in [0.15, 0.2) is 36.5 Å². The topological polar surface area (TPSA) is 98.7 Å². The molecule has 5 rings (SSSR count). The molecule has 0 radical (unpaired) electrons. The van der Waals surface area contributed by atoms with E-state index in [0.29, 0.717) is 61.5 Å². The molecule has 0 saturated carbocycles. The Kier molecular flexibility index (Phi) is 7.66. The number of carbonyl (C=O) groups excluding carboxylic acids is 1. The maximum absolute atomic E-state index is 14.0. The molecule has 1 saturated heterocycles. The smallest absolute Gasteiger partial charge is 0.418 e. The van der Waals surface area contributed by atoms with Crippen LogP contribution in [0.3, 0.4) is 0 Å². The van der Waals surface area contributed by atoms with Gasteiger partial charge in [-0.2, -0.15) is 18.2 Å². The summed E-state index contributed by atoms with van der Waals surface area (Å²) in [5.41, 5.74) is 0.373. The van der Waals surface area contributed by atoms with Gasteiger partial charge in [-0.05, 0) is 50.7 Å². The summed E-state index contributed by atoms with van der Waals surface area (Å²) < 4.78 is 47.6. The third-order valence-electron chi connectivity index (χ3n) is 6.81. The summed E-state index contributed by atoms with van der Waals surface area (Å²) in [6, 6.07) is 7.63. The summed E-state index contributed by atoms with van der Waals surface area (Å²) in [6.45, 7) is 6.69. The third kappa shape index (κ3) is 5.88. The number of likely N-dealkylation sites (N-methyl/N-ethyl adjacent to an activating group) is 1. The Morgan fingerprint density at radius 3 is 2.55 bits per heavy atom. The van der Waals surface area contributed by atoms with E-state index >= 15 is 0 Å². The van der Waals surface area contributed by atoms with Crippen molar-refractivity contribution in [1.82, 2.24) is 19.9 Å². The molecule has 0 spiro atoms. The first-order chi connectivity index (χ1) is 19.1. The SMILES string of the molecule is CCCN1C(=O)COc2ccc(Nc3nc(Nc4ccc(N5CCN(C)CC5)c(C(F)(F)F)c4)ncc3C)nc21. The second-order valence-corrected chi connectivity index (χ2v) is 9.85. The van der Waals surface area contributed by atoms with E-state index in [9.17, 15) is 18.0 Å². The number of hydrogen-bond donors (Lipinski definition) is 2. The van der Waals surface area contributed by atoms with Crippen LogP contribution < -0.4 is 25.2 Å². The quantitative estimate of drug-likeness (QED) is 0.434. The largest absolute Gasteiger partial charge is 0.480 e. The van der Waals surface area contributed by atoms with Crippen LogP contribution in [0.4, 0.5) is 47.9 Å². The first-order valence-electron chi connectivity index (χ1n) is 13.1. The van der Waals surface area contributed by atoms with Gasteiger partial charge in [-0.25, -0.2) is 9.97 Å². The molecule has 0 aliphatic carbocycles. The number of hydrogen-bond acceptors (Lipinski definition) is 9. The highest BCUT2D eigenvalue weighted by atomic mass is 19.4. The molecule has 0 atom stereocenters. The monoisotopic (exact) mass is 556 g/mol. The average Bonchev–Trinajstić information content (AvgIpc) is 2.92. The number of carbonyl (C=O) groups is 1. The van der Waals surface area contributed by atoms with Crippen molar-refractivity contribution in [2.75, 3.05) is 66.8 Å². The van der Waals surface area contributed by atoms with Gasteiger partial charge in [0.2, 0.25) is 5.95 Å². The first kappa shape index (κ1) is 27.4. The Hall–Kier alpha value is -4.13. The highest BCUT2D eigenvalue weighted by Gasteiger charge is 2.36. The molecule has 1 aromatic carbocycles. The predicted octanol–water partition coefficient (Wildman–Crippen LogP) is 4.57. The standard InChI is InChI=1S/C27H31F3N8O2/c1-4-9-38-23(39)16-40-21-7-8-22(34-25(21)38)33-24-17(2)15-31-26(35-24)32-18-5-6-20(19(14-18)27(28,29)30)37-12-10-36(3)11-13-37/h5-8,14-15H,4,9-13,16H2,1-3H3,(H2,31,32,33,34,35). The van der Waals surface area contributed by atoms with Gasteiger partial charge >= 0.3 is 6.18 Å². The minimum atomic E-state index is -4.52. The highest BCUT2D eigenvalue weighted by molar-refractivity contribution is 5.96. The van der Waals surface area contributed by atoms with Crippen LogP contribution in [0.2, 0.25) is 0 Å². The molecule has 40 heavy (non-hydrogen) atoms. The lowest BCUT2D eigenvalue weighted by Crippen LogP contribution is -2.45. The fraction of sp³-hybridized carbons (Fsp3) is 0.407. The zero-order valence-corrected chi connectivity index (χ0v) is 22.5. The molecule has 2 aliphatic rings. The maximum Gasteiger partial charge on any atom is 0.418 e. The molecule has 2 aromatic heterocycles. The molecule has 3 aromatic rings. The molecule has 13 heteroatoms. The van der Waals surface area contributed by atoms with Gasteiger partial charge in [-0.15, -0.1) is 0 Å². The summed E-state index contributed by atoms with van der Waals surface area (Å²) in [4.78, 5) is 31.1. The predicted molar refractivity (Wildman–Crippen MR) is 147 cm³/mol. The third-order valence-corrected chi connectivity index (χ3v) is 6.81. The van der Waals surface area contributed by atoms with Crippen LogP contribution in [0, 0.1) is 6.92 Å². The van der Waals surface area contributed by atoms with E-state index in [1.54, 1.807) is 41.1 Å². The van der Waals surface area contributed by atoms with Crippen molar-refractivity contribution in [2.24, 2.45) is 0 Å². The lowest BCUT2D eigenvalue weighted by molar-refractivity contribution is -0.137. The van der Waals surface area contributed by atoms with Crippen molar-refractivity contribution in [2.45, 2.75) is 26.4 Å². The lowest BCUT2D eigenvalue weighted by atomic mass is 10.1. The molecule has 10 nitrogen and oxygen atoms in total. The second kappa shape index (κ2) is 11.2.